The van der Waals surface area contributed by atoms with Crippen LogP contribution in [-0.4, -0.2) is 51.2 Å². The first-order valence-electron chi connectivity index (χ1n) is 8.14. The van der Waals surface area contributed by atoms with Crippen LogP contribution in [0.1, 0.15) is 28.2 Å². The summed E-state index contributed by atoms with van der Waals surface area (Å²) in [7, 11) is 0. The van der Waals surface area contributed by atoms with Crippen molar-refractivity contribution in [3.05, 3.63) is 57.8 Å². The van der Waals surface area contributed by atoms with E-state index in [1.807, 2.05) is 31.2 Å². The third-order valence-electron chi connectivity index (χ3n) is 4.37. The quantitative estimate of drug-likeness (QED) is 0.865. The Morgan fingerprint density at radius 3 is 2.88 bits per heavy atom. The smallest absolute Gasteiger partial charge is 0.263 e. The van der Waals surface area contributed by atoms with Gasteiger partial charge in [-0.3, -0.25) is 9.59 Å². The van der Waals surface area contributed by atoms with Gasteiger partial charge in [0.1, 0.15) is 29.3 Å². The molecule has 0 saturated carbocycles. The van der Waals surface area contributed by atoms with Crippen molar-refractivity contribution in [1.82, 2.24) is 14.9 Å². The highest BCUT2D eigenvalue weighted by Gasteiger charge is 2.39. The van der Waals surface area contributed by atoms with Gasteiger partial charge in [0.05, 0.1) is 6.54 Å². The standard InChI is InChI=1S/C18H21N3O4/c1-12-5-3-4-6-15(12)25-11-18(24)7-8-21(10-18)17(23)14-9-19-13(2)20-16(14)22/h3-6,9,24H,7-8,10-11H2,1-2H3,(H,19,20,22)/t18-/m0/s1. The summed E-state index contributed by atoms with van der Waals surface area (Å²) >= 11 is 0. The molecule has 1 aliphatic rings. The van der Waals surface area contributed by atoms with Gasteiger partial charge in [0.25, 0.3) is 11.5 Å². The molecule has 0 bridgehead atoms. The molecule has 1 aliphatic heterocycles. The molecule has 1 fully saturated rings. The van der Waals surface area contributed by atoms with E-state index in [0.29, 0.717) is 24.5 Å². The summed E-state index contributed by atoms with van der Waals surface area (Å²) in [6, 6.07) is 7.56. The number of aryl methyl sites for hydroxylation is 2. The molecule has 2 aromatic rings. The Balaban J connectivity index is 1.67. The van der Waals surface area contributed by atoms with E-state index < -0.39 is 17.1 Å². The van der Waals surface area contributed by atoms with E-state index in [1.165, 1.54) is 11.1 Å². The maximum absolute atomic E-state index is 12.5. The Bertz CT molecular complexity index is 848. The maximum Gasteiger partial charge on any atom is 0.263 e. The maximum atomic E-state index is 12.5. The fourth-order valence-electron chi connectivity index (χ4n) is 2.88. The molecule has 7 nitrogen and oxygen atoms in total. The zero-order chi connectivity index (χ0) is 18.0. The molecule has 1 amide bonds. The van der Waals surface area contributed by atoms with Crippen LogP contribution >= 0.6 is 0 Å². The SMILES string of the molecule is Cc1ncc(C(=O)N2CC[C@@](O)(COc3ccccc3C)C2)c(=O)[nH]1. The van der Waals surface area contributed by atoms with Crippen LogP contribution in [0.4, 0.5) is 0 Å². The Hall–Kier alpha value is -2.67. The number of β-amino-alcohol motifs (C(OH)–C–C–N with tert-alkyl or cyclic N) is 1. The van der Waals surface area contributed by atoms with Crippen molar-refractivity contribution < 1.29 is 14.6 Å². The second-order valence-corrected chi connectivity index (χ2v) is 6.47. The lowest BCUT2D eigenvalue weighted by Gasteiger charge is -2.24. The van der Waals surface area contributed by atoms with Crippen LogP contribution in [0.25, 0.3) is 0 Å². The number of hydrogen-bond donors (Lipinski definition) is 2. The van der Waals surface area contributed by atoms with E-state index in [0.717, 1.165) is 5.56 Å². The van der Waals surface area contributed by atoms with Crippen LogP contribution in [-0.2, 0) is 0 Å². The highest BCUT2D eigenvalue weighted by atomic mass is 16.5. The highest BCUT2D eigenvalue weighted by molar-refractivity contribution is 5.93. The third kappa shape index (κ3) is 3.71. The molecular formula is C18H21N3O4. The van der Waals surface area contributed by atoms with Crippen molar-refractivity contribution in [1.29, 1.82) is 0 Å². The number of amides is 1. The van der Waals surface area contributed by atoms with E-state index in [-0.39, 0.29) is 18.7 Å². The summed E-state index contributed by atoms with van der Waals surface area (Å²) in [5.41, 5.74) is -0.643. The minimum Gasteiger partial charge on any atom is -0.490 e. The van der Waals surface area contributed by atoms with Gasteiger partial charge in [-0.1, -0.05) is 18.2 Å². The number of aliphatic hydroxyl groups is 1. The molecule has 1 aromatic heterocycles. The average molecular weight is 343 g/mol. The summed E-state index contributed by atoms with van der Waals surface area (Å²) in [6.07, 6.45) is 1.67. The molecule has 7 heteroatoms. The topological polar surface area (TPSA) is 95.5 Å². The normalized spacial score (nSPS) is 19.9. The largest absolute Gasteiger partial charge is 0.490 e. The first-order chi connectivity index (χ1) is 11.9. The molecule has 3 rings (SSSR count). The molecule has 2 heterocycles. The Labute approximate surface area is 145 Å². The van der Waals surface area contributed by atoms with Gasteiger partial charge in [-0.05, 0) is 31.9 Å². The number of ether oxygens (including phenoxy) is 1. The van der Waals surface area contributed by atoms with Gasteiger partial charge in [0.2, 0.25) is 0 Å². The number of hydrogen-bond acceptors (Lipinski definition) is 5. The number of nitrogens with zero attached hydrogens (tertiary/aromatic N) is 2. The van der Waals surface area contributed by atoms with E-state index in [1.54, 1.807) is 6.92 Å². The van der Waals surface area contributed by atoms with Crippen LogP contribution in [0.2, 0.25) is 0 Å². The molecule has 0 radical (unpaired) electrons. The first kappa shape index (κ1) is 17.2. The van der Waals surface area contributed by atoms with Gasteiger partial charge in [0.15, 0.2) is 0 Å². The number of carbonyl (C=O) groups excluding carboxylic acids is 1. The predicted molar refractivity (Wildman–Crippen MR) is 91.7 cm³/mol. The lowest BCUT2D eigenvalue weighted by atomic mass is 10.1. The third-order valence-corrected chi connectivity index (χ3v) is 4.37. The van der Waals surface area contributed by atoms with Gasteiger partial charge in [-0.2, -0.15) is 0 Å². The van der Waals surface area contributed by atoms with Crippen molar-refractivity contribution in [3.8, 4) is 5.75 Å². The number of carbonyl (C=O) groups is 1. The van der Waals surface area contributed by atoms with Gasteiger partial charge in [-0.25, -0.2) is 4.98 Å². The van der Waals surface area contributed by atoms with E-state index in [9.17, 15) is 14.7 Å². The van der Waals surface area contributed by atoms with Crippen LogP contribution in [0.15, 0.2) is 35.3 Å². The fraction of sp³-hybridized carbons (Fsp3) is 0.389. The Morgan fingerprint density at radius 2 is 2.16 bits per heavy atom. The molecule has 2 N–H and O–H groups in total. The number of rotatable bonds is 4. The molecule has 0 aliphatic carbocycles. The molecule has 1 aromatic carbocycles. The summed E-state index contributed by atoms with van der Waals surface area (Å²) < 4.78 is 5.73. The number of nitrogens with one attached hydrogen (secondary N) is 1. The van der Waals surface area contributed by atoms with Gasteiger partial charge in [-0.15, -0.1) is 0 Å². The second kappa shape index (κ2) is 6.68. The van der Waals surface area contributed by atoms with Crippen molar-refractivity contribution >= 4 is 5.91 Å². The van der Waals surface area contributed by atoms with Gasteiger partial charge in [0, 0.05) is 12.7 Å². The van der Waals surface area contributed by atoms with Crippen molar-refractivity contribution in [2.45, 2.75) is 25.9 Å². The number of aromatic nitrogens is 2. The predicted octanol–water partition coefficient (Wildman–Crippen LogP) is 1.04. The molecule has 0 spiro atoms. The Morgan fingerprint density at radius 1 is 1.40 bits per heavy atom. The summed E-state index contributed by atoms with van der Waals surface area (Å²) in [6.45, 7) is 4.14. The van der Waals surface area contributed by atoms with E-state index in [2.05, 4.69) is 9.97 Å². The summed E-state index contributed by atoms with van der Waals surface area (Å²) in [5.74, 6) is 0.728. The number of H-pyrrole nitrogens is 1. The van der Waals surface area contributed by atoms with E-state index >= 15 is 0 Å². The van der Waals surface area contributed by atoms with Gasteiger partial charge < -0.3 is 19.7 Å². The Kier molecular flexibility index (Phi) is 4.59. The molecule has 1 atom stereocenters. The lowest BCUT2D eigenvalue weighted by molar-refractivity contribution is 0.00410. The monoisotopic (exact) mass is 343 g/mol. The van der Waals surface area contributed by atoms with Crippen LogP contribution in [0, 0.1) is 13.8 Å². The number of likely N-dealkylation sites (tertiary alicyclic amines) is 1. The van der Waals surface area contributed by atoms with Crippen molar-refractivity contribution in [2.75, 3.05) is 19.7 Å². The van der Waals surface area contributed by atoms with Crippen molar-refractivity contribution in [3.63, 3.8) is 0 Å². The number of benzene rings is 1. The lowest BCUT2D eigenvalue weighted by Crippen LogP contribution is -2.41. The zero-order valence-electron chi connectivity index (χ0n) is 14.3. The first-order valence-corrected chi connectivity index (χ1v) is 8.14. The number of aromatic amines is 1. The molecular weight excluding hydrogens is 322 g/mol. The van der Waals surface area contributed by atoms with E-state index in [4.69, 9.17) is 4.74 Å². The fourth-order valence-corrected chi connectivity index (χ4v) is 2.88. The minimum absolute atomic E-state index is 0.0188. The molecule has 132 valence electrons. The van der Waals surface area contributed by atoms with Crippen LogP contribution < -0.4 is 10.3 Å². The molecule has 1 saturated heterocycles. The second-order valence-electron chi connectivity index (χ2n) is 6.47. The summed E-state index contributed by atoms with van der Waals surface area (Å²) in [5, 5.41) is 10.7. The van der Waals surface area contributed by atoms with Crippen LogP contribution in [0.5, 0.6) is 5.75 Å². The minimum atomic E-state index is -1.14. The van der Waals surface area contributed by atoms with Crippen molar-refractivity contribution in [2.24, 2.45) is 0 Å². The van der Waals surface area contributed by atoms with Crippen LogP contribution in [0.3, 0.4) is 0 Å². The molecule has 25 heavy (non-hydrogen) atoms. The number of para-hydroxylation sites is 1. The average Bonchev–Trinajstić information content (AvgIpc) is 2.96. The zero-order valence-corrected chi connectivity index (χ0v) is 14.3. The highest BCUT2D eigenvalue weighted by Crippen LogP contribution is 2.25. The van der Waals surface area contributed by atoms with Gasteiger partial charge >= 0.3 is 0 Å². The summed E-state index contributed by atoms with van der Waals surface area (Å²) in [4.78, 5) is 32.4. The molecule has 0 unspecified atom stereocenters.